The van der Waals surface area contributed by atoms with Crippen molar-refractivity contribution < 1.29 is 4.79 Å². The molecule has 15 heavy (non-hydrogen) atoms. The summed E-state index contributed by atoms with van der Waals surface area (Å²) in [7, 11) is 0. The van der Waals surface area contributed by atoms with Gasteiger partial charge >= 0.3 is 0 Å². The summed E-state index contributed by atoms with van der Waals surface area (Å²) in [6, 6.07) is 0. The summed E-state index contributed by atoms with van der Waals surface area (Å²) in [5.41, 5.74) is 5.83. The van der Waals surface area contributed by atoms with E-state index in [2.05, 4.69) is 17.2 Å². The molecule has 1 heterocycles. The molecule has 0 spiro atoms. The van der Waals surface area contributed by atoms with Crippen LogP contribution in [0.2, 0.25) is 0 Å². The lowest BCUT2D eigenvalue weighted by atomic mass is 9.99. The van der Waals surface area contributed by atoms with Crippen LogP contribution in [0.15, 0.2) is 6.20 Å². The first-order valence-corrected chi connectivity index (χ1v) is 5.33. The number of nitrogens with two attached hydrogens (primary N) is 1. The summed E-state index contributed by atoms with van der Waals surface area (Å²) in [6.45, 7) is 5.09. The van der Waals surface area contributed by atoms with Crippen molar-refractivity contribution in [1.82, 2.24) is 15.0 Å². The van der Waals surface area contributed by atoms with Crippen LogP contribution in [0.1, 0.15) is 37.2 Å². The fourth-order valence-electron chi connectivity index (χ4n) is 1.47. The Bertz CT molecular complexity index is 321. The molecule has 0 saturated heterocycles. The molecule has 1 aromatic heterocycles. The van der Waals surface area contributed by atoms with Gasteiger partial charge in [0, 0.05) is 12.5 Å². The largest absolute Gasteiger partial charge is 0.329 e. The summed E-state index contributed by atoms with van der Waals surface area (Å²) < 4.78 is 1.60. The van der Waals surface area contributed by atoms with E-state index in [0.29, 0.717) is 18.8 Å². The van der Waals surface area contributed by atoms with E-state index >= 15 is 0 Å². The van der Waals surface area contributed by atoms with E-state index in [1.807, 2.05) is 6.92 Å². The maximum absolute atomic E-state index is 11.8. The van der Waals surface area contributed by atoms with E-state index in [1.165, 1.54) is 0 Å². The fraction of sp³-hybridized carbons (Fsp3) is 0.700. The molecule has 0 aliphatic carbocycles. The maximum Gasteiger partial charge on any atom is 0.187 e. The highest BCUT2D eigenvalue weighted by atomic mass is 16.1. The minimum atomic E-state index is 0.0260. The molecule has 2 N–H and O–H groups in total. The van der Waals surface area contributed by atoms with Crippen LogP contribution in [0.4, 0.5) is 0 Å². The van der Waals surface area contributed by atoms with Gasteiger partial charge in [0.05, 0.1) is 12.7 Å². The van der Waals surface area contributed by atoms with Gasteiger partial charge in [0.2, 0.25) is 0 Å². The molecule has 0 aromatic carbocycles. The third-order valence-corrected chi connectivity index (χ3v) is 2.32. The second kappa shape index (κ2) is 5.60. The first-order valence-electron chi connectivity index (χ1n) is 5.33. The topological polar surface area (TPSA) is 73.8 Å². The lowest BCUT2D eigenvalue weighted by Crippen LogP contribution is -2.12. The van der Waals surface area contributed by atoms with Gasteiger partial charge in [0.15, 0.2) is 5.78 Å². The highest BCUT2D eigenvalue weighted by Crippen LogP contribution is 2.11. The number of rotatable bonds is 6. The Labute approximate surface area is 89.6 Å². The second-order valence-electron chi connectivity index (χ2n) is 3.71. The van der Waals surface area contributed by atoms with Crippen LogP contribution < -0.4 is 5.73 Å². The summed E-state index contributed by atoms with van der Waals surface area (Å²) in [4.78, 5) is 11.8. The van der Waals surface area contributed by atoms with Crippen molar-refractivity contribution in [2.24, 2.45) is 11.7 Å². The maximum atomic E-state index is 11.8. The Balaban J connectivity index is 2.65. The lowest BCUT2D eigenvalue weighted by Gasteiger charge is -2.04. The SMILES string of the molecule is CCCC(C)C(=O)c1cn(CCN)nn1. The van der Waals surface area contributed by atoms with Crippen molar-refractivity contribution in [3.63, 3.8) is 0 Å². The lowest BCUT2D eigenvalue weighted by molar-refractivity contribution is 0.0918. The third kappa shape index (κ3) is 3.13. The Kier molecular flexibility index (Phi) is 4.42. The molecule has 0 radical (unpaired) electrons. The second-order valence-corrected chi connectivity index (χ2v) is 3.71. The van der Waals surface area contributed by atoms with Gasteiger partial charge in [-0.15, -0.1) is 5.10 Å². The van der Waals surface area contributed by atoms with Gasteiger partial charge in [-0.25, -0.2) is 0 Å². The molecule has 0 aliphatic heterocycles. The van der Waals surface area contributed by atoms with Crippen LogP contribution in [0.25, 0.3) is 0 Å². The van der Waals surface area contributed by atoms with E-state index in [0.717, 1.165) is 12.8 Å². The zero-order valence-corrected chi connectivity index (χ0v) is 9.31. The van der Waals surface area contributed by atoms with Crippen molar-refractivity contribution in [2.75, 3.05) is 6.54 Å². The quantitative estimate of drug-likeness (QED) is 0.706. The fourth-order valence-corrected chi connectivity index (χ4v) is 1.47. The Morgan fingerprint density at radius 3 is 3.00 bits per heavy atom. The first-order chi connectivity index (χ1) is 7.19. The van der Waals surface area contributed by atoms with Crippen LogP contribution in [0.3, 0.4) is 0 Å². The van der Waals surface area contributed by atoms with Crippen LogP contribution in [0, 0.1) is 5.92 Å². The van der Waals surface area contributed by atoms with Gasteiger partial charge in [-0.2, -0.15) is 0 Å². The highest BCUT2D eigenvalue weighted by molar-refractivity contribution is 5.95. The van der Waals surface area contributed by atoms with Gasteiger partial charge in [0.1, 0.15) is 5.69 Å². The van der Waals surface area contributed by atoms with Crippen LogP contribution in [0.5, 0.6) is 0 Å². The van der Waals surface area contributed by atoms with Crippen LogP contribution >= 0.6 is 0 Å². The summed E-state index contributed by atoms with van der Waals surface area (Å²) in [5, 5.41) is 7.68. The van der Waals surface area contributed by atoms with Gasteiger partial charge in [-0.1, -0.05) is 25.5 Å². The zero-order chi connectivity index (χ0) is 11.3. The zero-order valence-electron chi connectivity index (χ0n) is 9.31. The van der Waals surface area contributed by atoms with Gasteiger partial charge in [-0.3, -0.25) is 9.48 Å². The predicted octanol–water partition coefficient (Wildman–Crippen LogP) is 0.856. The molecule has 0 aliphatic rings. The number of aromatic nitrogens is 3. The Morgan fingerprint density at radius 1 is 1.67 bits per heavy atom. The number of carbonyl (C=O) groups is 1. The number of carbonyl (C=O) groups excluding carboxylic acids is 1. The number of hydrogen-bond acceptors (Lipinski definition) is 4. The van der Waals surface area contributed by atoms with Crippen LogP contribution in [-0.2, 0) is 6.54 Å². The van der Waals surface area contributed by atoms with Crippen molar-refractivity contribution in [1.29, 1.82) is 0 Å². The molecule has 1 aromatic rings. The smallest absolute Gasteiger partial charge is 0.187 e. The molecule has 1 atom stereocenters. The Morgan fingerprint density at radius 2 is 2.40 bits per heavy atom. The number of ketones is 1. The molecule has 0 bridgehead atoms. The molecular formula is C10H18N4O. The molecule has 0 amide bonds. The molecule has 5 heteroatoms. The average molecular weight is 210 g/mol. The number of Topliss-reactive ketones (excluding diaryl/α,β-unsaturated/α-hetero) is 1. The van der Waals surface area contributed by atoms with Crippen molar-refractivity contribution >= 4 is 5.78 Å². The van der Waals surface area contributed by atoms with E-state index in [9.17, 15) is 4.79 Å². The van der Waals surface area contributed by atoms with Gasteiger partial charge < -0.3 is 5.73 Å². The van der Waals surface area contributed by atoms with Gasteiger partial charge in [0.25, 0.3) is 0 Å². The average Bonchev–Trinajstić information content (AvgIpc) is 2.66. The summed E-state index contributed by atoms with van der Waals surface area (Å²) in [5.74, 6) is 0.0955. The first kappa shape index (κ1) is 11.8. The molecule has 84 valence electrons. The Hall–Kier alpha value is -1.23. The number of hydrogen-bond donors (Lipinski definition) is 1. The monoisotopic (exact) mass is 210 g/mol. The van der Waals surface area contributed by atoms with E-state index in [1.54, 1.807) is 10.9 Å². The predicted molar refractivity (Wildman–Crippen MR) is 57.5 cm³/mol. The molecule has 1 rings (SSSR count). The highest BCUT2D eigenvalue weighted by Gasteiger charge is 2.17. The standard InChI is InChI=1S/C10H18N4O/c1-3-4-8(2)10(15)9-7-14(6-5-11)13-12-9/h7-8H,3-6,11H2,1-2H3. The normalized spacial score (nSPS) is 12.7. The van der Waals surface area contributed by atoms with E-state index in [-0.39, 0.29) is 11.7 Å². The molecular weight excluding hydrogens is 192 g/mol. The third-order valence-electron chi connectivity index (χ3n) is 2.32. The molecule has 5 nitrogen and oxygen atoms in total. The molecule has 1 unspecified atom stereocenters. The summed E-state index contributed by atoms with van der Waals surface area (Å²) in [6.07, 6.45) is 3.56. The van der Waals surface area contributed by atoms with E-state index in [4.69, 9.17) is 5.73 Å². The summed E-state index contributed by atoms with van der Waals surface area (Å²) >= 11 is 0. The number of nitrogens with zero attached hydrogens (tertiary/aromatic N) is 3. The van der Waals surface area contributed by atoms with E-state index < -0.39 is 0 Å². The van der Waals surface area contributed by atoms with Crippen molar-refractivity contribution in [3.8, 4) is 0 Å². The minimum Gasteiger partial charge on any atom is -0.329 e. The van der Waals surface area contributed by atoms with Crippen molar-refractivity contribution in [3.05, 3.63) is 11.9 Å². The van der Waals surface area contributed by atoms with Crippen LogP contribution in [-0.4, -0.2) is 27.3 Å². The minimum absolute atomic E-state index is 0.0260. The molecule has 0 fully saturated rings. The van der Waals surface area contributed by atoms with Crippen molar-refractivity contribution in [2.45, 2.75) is 33.2 Å². The molecule has 0 saturated carbocycles. The van der Waals surface area contributed by atoms with Gasteiger partial charge in [-0.05, 0) is 6.42 Å².